The molecular formula is C11H11ClN2O. The molecule has 0 saturated heterocycles. The number of pyridine rings is 1. The Morgan fingerprint density at radius 3 is 2.87 bits per heavy atom. The third kappa shape index (κ3) is 2.71. The van der Waals surface area contributed by atoms with Crippen LogP contribution < -0.4 is 5.56 Å². The van der Waals surface area contributed by atoms with E-state index in [1.54, 1.807) is 23.6 Å². The van der Waals surface area contributed by atoms with E-state index in [2.05, 4.69) is 0 Å². The van der Waals surface area contributed by atoms with Gasteiger partial charge in [0.05, 0.1) is 5.56 Å². The second-order valence-corrected chi connectivity index (χ2v) is 3.33. The summed E-state index contributed by atoms with van der Waals surface area (Å²) >= 11 is 5.48. The molecule has 0 fully saturated rings. The molecule has 1 heterocycles. The van der Waals surface area contributed by atoms with Crippen molar-refractivity contribution in [3.8, 4) is 6.07 Å². The van der Waals surface area contributed by atoms with Crippen LogP contribution in [-0.2, 0) is 6.54 Å². The number of aromatic nitrogens is 1. The first-order valence-corrected chi connectivity index (χ1v) is 5.05. The van der Waals surface area contributed by atoms with E-state index in [0.717, 1.165) is 0 Å². The topological polar surface area (TPSA) is 45.8 Å². The van der Waals surface area contributed by atoms with Crippen molar-refractivity contribution in [3.63, 3.8) is 0 Å². The van der Waals surface area contributed by atoms with Crippen molar-refractivity contribution in [2.75, 3.05) is 5.88 Å². The molecule has 4 heteroatoms. The molecule has 0 saturated carbocycles. The third-order valence-corrected chi connectivity index (χ3v) is 2.30. The lowest BCUT2D eigenvalue weighted by atomic mass is 10.2. The van der Waals surface area contributed by atoms with Crippen LogP contribution in [0.3, 0.4) is 0 Å². The van der Waals surface area contributed by atoms with Gasteiger partial charge in [0.1, 0.15) is 6.07 Å². The fourth-order valence-corrected chi connectivity index (χ4v) is 1.39. The first-order valence-electron chi connectivity index (χ1n) is 4.52. The second-order valence-electron chi connectivity index (χ2n) is 3.02. The lowest BCUT2D eigenvalue weighted by Crippen LogP contribution is -2.21. The molecule has 0 amide bonds. The molecule has 0 bridgehead atoms. The van der Waals surface area contributed by atoms with Crippen LogP contribution in [0.4, 0.5) is 0 Å². The number of hydrogen-bond donors (Lipinski definition) is 0. The Balaban J connectivity index is 3.11. The fraction of sp³-hybridized carbons (Fsp3) is 0.273. The normalized spacial score (nSPS) is 10.5. The average Bonchev–Trinajstić information content (AvgIpc) is 2.23. The highest BCUT2D eigenvalue weighted by atomic mass is 35.5. The van der Waals surface area contributed by atoms with Crippen LogP contribution >= 0.6 is 11.6 Å². The maximum absolute atomic E-state index is 11.5. The molecule has 0 aliphatic heterocycles. The summed E-state index contributed by atoms with van der Waals surface area (Å²) in [6, 6.07) is 4.99. The van der Waals surface area contributed by atoms with Crippen molar-refractivity contribution >= 4 is 11.6 Å². The standard InChI is InChI=1S/C11H11ClN2O/c1-9-10(8-13)4-5-11(15)14(9)7-3-2-6-12/h2-5H,6-7H2,1H3/b3-2+. The predicted octanol–water partition coefficient (Wildman–Crippen LogP) is 1.82. The number of nitrogens with zero attached hydrogens (tertiary/aromatic N) is 2. The van der Waals surface area contributed by atoms with Crippen molar-refractivity contribution < 1.29 is 0 Å². The van der Waals surface area contributed by atoms with Crippen LogP contribution in [0.5, 0.6) is 0 Å². The van der Waals surface area contributed by atoms with Gasteiger partial charge in [-0.1, -0.05) is 12.2 Å². The molecule has 0 spiro atoms. The molecule has 0 N–H and O–H groups in total. The zero-order valence-electron chi connectivity index (χ0n) is 8.40. The molecule has 15 heavy (non-hydrogen) atoms. The van der Waals surface area contributed by atoms with Gasteiger partial charge < -0.3 is 4.57 Å². The zero-order chi connectivity index (χ0) is 11.3. The molecule has 1 aromatic heterocycles. The Bertz CT molecular complexity index is 468. The van der Waals surface area contributed by atoms with Gasteiger partial charge in [-0.2, -0.15) is 5.26 Å². The molecule has 1 aromatic rings. The third-order valence-electron chi connectivity index (χ3n) is 2.12. The Labute approximate surface area is 93.2 Å². The summed E-state index contributed by atoms with van der Waals surface area (Å²) in [5, 5.41) is 8.80. The molecule has 0 aliphatic carbocycles. The van der Waals surface area contributed by atoms with E-state index in [1.807, 2.05) is 12.1 Å². The molecule has 0 unspecified atom stereocenters. The zero-order valence-corrected chi connectivity index (χ0v) is 9.16. The molecule has 0 aromatic carbocycles. The first kappa shape index (κ1) is 11.5. The monoisotopic (exact) mass is 222 g/mol. The summed E-state index contributed by atoms with van der Waals surface area (Å²) in [7, 11) is 0. The molecule has 0 radical (unpaired) electrons. The SMILES string of the molecule is Cc1c(C#N)ccc(=O)n1C/C=C/CCl. The van der Waals surface area contributed by atoms with Crippen molar-refractivity contribution in [3.05, 3.63) is 45.9 Å². The highest BCUT2D eigenvalue weighted by Crippen LogP contribution is 2.03. The van der Waals surface area contributed by atoms with Gasteiger partial charge >= 0.3 is 0 Å². The van der Waals surface area contributed by atoms with Gasteiger partial charge in [0.15, 0.2) is 0 Å². The Morgan fingerprint density at radius 1 is 1.53 bits per heavy atom. The van der Waals surface area contributed by atoms with Gasteiger partial charge in [0, 0.05) is 24.2 Å². The molecule has 3 nitrogen and oxygen atoms in total. The van der Waals surface area contributed by atoms with Gasteiger partial charge in [-0.15, -0.1) is 11.6 Å². The average molecular weight is 223 g/mol. The number of rotatable bonds is 3. The van der Waals surface area contributed by atoms with E-state index in [0.29, 0.717) is 23.7 Å². The summed E-state index contributed by atoms with van der Waals surface area (Å²) in [4.78, 5) is 11.5. The maximum Gasteiger partial charge on any atom is 0.251 e. The van der Waals surface area contributed by atoms with E-state index < -0.39 is 0 Å². The first-order chi connectivity index (χ1) is 7.20. The lowest BCUT2D eigenvalue weighted by Gasteiger charge is -2.07. The van der Waals surface area contributed by atoms with E-state index in [4.69, 9.17) is 16.9 Å². The van der Waals surface area contributed by atoms with Crippen LogP contribution in [0, 0.1) is 18.3 Å². The summed E-state index contributed by atoms with van der Waals surface area (Å²) in [6.45, 7) is 2.21. The molecule has 1 rings (SSSR count). The fourth-order valence-electron chi connectivity index (χ4n) is 1.26. The van der Waals surface area contributed by atoms with Gasteiger partial charge in [0.2, 0.25) is 0 Å². The Kier molecular flexibility index (Phi) is 4.14. The summed E-state index contributed by atoms with van der Waals surface area (Å²) in [5.41, 5.74) is 1.10. The van der Waals surface area contributed by atoms with Crippen LogP contribution in [0.15, 0.2) is 29.1 Å². The number of halogens is 1. The van der Waals surface area contributed by atoms with Gasteiger partial charge in [0.25, 0.3) is 5.56 Å². The summed E-state index contributed by atoms with van der Waals surface area (Å²) in [6.07, 6.45) is 3.58. The summed E-state index contributed by atoms with van der Waals surface area (Å²) in [5.74, 6) is 0.422. The van der Waals surface area contributed by atoms with Crippen LogP contribution in [0.1, 0.15) is 11.3 Å². The Morgan fingerprint density at radius 2 is 2.27 bits per heavy atom. The van der Waals surface area contributed by atoms with Gasteiger partial charge in [-0.25, -0.2) is 0 Å². The number of hydrogen-bond acceptors (Lipinski definition) is 2. The quantitative estimate of drug-likeness (QED) is 0.579. The van der Waals surface area contributed by atoms with Gasteiger partial charge in [-0.3, -0.25) is 4.79 Å². The second kappa shape index (κ2) is 5.38. The Hall–Kier alpha value is -1.53. The van der Waals surface area contributed by atoms with E-state index in [-0.39, 0.29) is 5.56 Å². The van der Waals surface area contributed by atoms with Crippen molar-refractivity contribution in [2.24, 2.45) is 0 Å². The van der Waals surface area contributed by atoms with Crippen LogP contribution in [0.25, 0.3) is 0 Å². The number of allylic oxidation sites excluding steroid dienone is 2. The predicted molar refractivity (Wildman–Crippen MR) is 60.0 cm³/mol. The highest BCUT2D eigenvalue weighted by Gasteiger charge is 2.03. The minimum absolute atomic E-state index is 0.106. The van der Waals surface area contributed by atoms with Crippen LogP contribution in [-0.4, -0.2) is 10.4 Å². The van der Waals surface area contributed by atoms with E-state index in [9.17, 15) is 4.79 Å². The molecule has 78 valence electrons. The number of alkyl halides is 1. The molecule has 0 aliphatic rings. The highest BCUT2D eigenvalue weighted by molar-refractivity contribution is 6.18. The van der Waals surface area contributed by atoms with Crippen molar-refractivity contribution in [1.29, 1.82) is 5.26 Å². The summed E-state index contributed by atoms with van der Waals surface area (Å²) < 4.78 is 1.54. The van der Waals surface area contributed by atoms with Crippen molar-refractivity contribution in [2.45, 2.75) is 13.5 Å². The smallest absolute Gasteiger partial charge is 0.251 e. The number of nitriles is 1. The lowest BCUT2D eigenvalue weighted by molar-refractivity contribution is 0.743. The largest absolute Gasteiger partial charge is 0.308 e. The van der Waals surface area contributed by atoms with Crippen LogP contribution in [0.2, 0.25) is 0 Å². The van der Waals surface area contributed by atoms with E-state index >= 15 is 0 Å². The molecular weight excluding hydrogens is 212 g/mol. The van der Waals surface area contributed by atoms with E-state index in [1.165, 1.54) is 6.07 Å². The van der Waals surface area contributed by atoms with Crippen molar-refractivity contribution in [1.82, 2.24) is 4.57 Å². The minimum Gasteiger partial charge on any atom is -0.308 e. The minimum atomic E-state index is -0.106. The van der Waals surface area contributed by atoms with Gasteiger partial charge in [-0.05, 0) is 13.0 Å². The maximum atomic E-state index is 11.5. The molecule has 0 atom stereocenters.